The normalized spacial score (nSPS) is 10.6. The van der Waals surface area contributed by atoms with E-state index in [0.29, 0.717) is 0 Å². The van der Waals surface area contributed by atoms with E-state index in [1.165, 1.54) is 30.3 Å². The molecule has 0 saturated heterocycles. The lowest BCUT2D eigenvalue weighted by atomic mass is 10.3. The highest BCUT2D eigenvalue weighted by molar-refractivity contribution is 7.99. The van der Waals surface area contributed by atoms with Crippen LogP contribution in [0.2, 0.25) is 5.02 Å². The van der Waals surface area contributed by atoms with E-state index < -0.39 is 16.6 Å². The second kappa shape index (κ2) is 9.41. The maximum atomic E-state index is 13.6. The number of benzene rings is 2. The molecule has 10 nitrogen and oxygen atoms in total. The lowest BCUT2D eigenvalue weighted by Gasteiger charge is -2.07. The van der Waals surface area contributed by atoms with E-state index in [1.54, 1.807) is 6.07 Å². The fourth-order valence-corrected chi connectivity index (χ4v) is 3.13. The molecule has 3 N–H and O–H groups in total. The van der Waals surface area contributed by atoms with Crippen molar-refractivity contribution in [3.63, 3.8) is 0 Å². The number of ether oxygens (including phenoxy) is 1. The number of nitrogens with zero attached hydrogens (tertiary/aromatic N) is 4. The molecule has 30 heavy (non-hydrogen) atoms. The Morgan fingerprint density at radius 2 is 2.10 bits per heavy atom. The average Bonchev–Trinajstić information content (AvgIpc) is 3.06. The summed E-state index contributed by atoms with van der Waals surface area (Å²) in [5, 5.41) is 21.4. The van der Waals surface area contributed by atoms with Gasteiger partial charge in [0.25, 0.3) is 5.69 Å². The van der Waals surface area contributed by atoms with Crippen molar-refractivity contribution in [3.8, 4) is 5.75 Å². The van der Waals surface area contributed by atoms with Gasteiger partial charge in [0.15, 0.2) is 17.4 Å². The molecule has 156 valence electrons. The molecule has 2 aromatic carbocycles. The van der Waals surface area contributed by atoms with Crippen molar-refractivity contribution in [2.75, 3.05) is 16.9 Å². The number of thioether (sulfide) groups is 1. The number of aromatic nitrogens is 3. The fourth-order valence-electron chi connectivity index (χ4n) is 2.27. The van der Waals surface area contributed by atoms with Gasteiger partial charge in [-0.1, -0.05) is 35.5 Å². The van der Waals surface area contributed by atoms with Crippen LogP contribution >= 0.6 is 23.4 Å². The minimum Gasteiger partial charge on any atom is -0.482 e. The minimum atomic E-state index is -0.644. The number of hydrogen-bond acceptors (Lipinski definition) is 8. The summed E-state index contributed by atoms with van der Waals surface area (Å²) >= 11 is 6.74. The molecule has 0 aliphatic heterocycles. The molecule has 1 amide bonds. The van der Waals surface area contributed by atoms with Gasteiger partial charge in [0, 0.05) is 11.8 Å². The van der Waals surface area contributed by atoms with Gasteiger partial charge in [-0.25, -0.2) is 9.07 Å². The zero-order valence-corrected chi connectivity index (χ0v) is 16.7. The smallest absolute Gasteiger partial charge is 0.289 e. The lowest BCUT2D eigenvalue weighted by molar-refractivity contribution is -0.384. The Balaban J connectivity index is 1.56. The topological polar surface area (TPSA) is 138 Å². The number of nitro benzene ring substituents is 1. The summed E-state index contributed by atoms with van der Waals surface area (Å²) in [5.41, 5.74) is -0.0896. The molecule has 1 heterocycles. The first-order valence-corrected chi connectivity index (χ1v) is 9.65. The van der Waals surface area contributed by atoms with Gasteiger partial charge < -0.3 is 15.9 Å². The standard InChI is InChI=1S/C17H14ClFN6O4S/c18-11-6-5-10(7-13(11)25(27)28)21-16(26)9-30-17-23-22-15(24(17)20)8-29-14-4-2-1-3-12(14)19/h1-7H,8-9,20H2,(H,21,26). The van der Waals surface area contributed by atoms with Crippen molar-refractivity contribution < 1.29 is 18.8 Å². The summed E-state index contributed by atoms with van der Waals surface area (Å²) < 4.78 is 20.0. The zero-order valence-electron chi connectivity index (χ0n) is 15.1. The van der Waals surface area contributed by atoms with Gasteiger partial charge in [-0.15, -0.1) is 10.2 Å². The Bertz CT molecular complexity index is 1100. The Morgan fingerprint density at radius 3 is 2.83 bits per heavy atom. The van der Waals surface area contributed by atoms with Crippen molar-refractivity contribution >= 4 is 40.6 Å². The van der Waals surface area contributed by atoms with E-state index in [4.69, 9.17) is 22.2 Å². The molecule has 0 atom stereocenters. The molecular formula is C17H14ClFN6O4S. The van der Waals surface area contributed by atoms with Gasteiger partial charge in [-0.2, -0.15) is 0 Å². The molecule has 13 heteroatoms. The first-order chi connectivity index (χ1) is 14.3. The number of nitro groups is 1. The molecule has 0 radical (unpaired) electrons. The molecule has 0 aliphatic rings. The molecular weight excluding hydrogens is 439 g/mol. The maximum absolute atomic E-state index is 13.6. The third-order valence-corrected chi connectivity index (χ3v) is 4.95. The molecule has 0 fully saturated rings. The van der Waals surface area contributed by atoms with E-state index in [0.717, 1.165) is 22.5 Å². The van der Waals surface area contributed by atoms with Crippen molar-refractivity contribution in [1.82, 2.24) is 14.9 Å². The van der Waals surface area contributed by atoms with Gasteiger partial charge in [-0.3, -0.25) is 14.9 Å². The van der Waals surface area contributed by atoms with Crippen LogP contribution in [0.25, 0.3) is 0 Å². The highest BCUT2D eigenvalue weighted by atomic mass is 35.5. The van der Waals surface area contributed by atoms with Gasteiger partial charge in [-0.05, 0) is 24.3 Å². The van der Waals surface area contributed by atoms with E-state index in [2.05, 4.69) is 15.5 Å². The second-order valence-corrected chi connectivity index (χ2v) is 7.10. The number of amides is 1. The summed E-state index contributed by atoms with van der Waals surface area (Å²) in [6, 6.07) is 9.82. The van der Waals surface area contributed by atoms with E-state index in [9.17, 15) is 19.3 Å². The first-order valence-electron chi connectivity index (χ1n) is 8.28. The monoisotopic (exact) mass is 452 g/mol. The summed E-state index contributed by atoms with van der Waals surface area (Å²) in [6.07, 6.45) is 0. The number of carbonyl (C=O) groups is 1. The summed E-state index contributed by atoms with van der Waals surface area (Å²) in [6.45, 7) is -0.119. The SMILES string of the molecule is Nn1c(COc2ccccc2F)nnc1SCC(=O)Nc1ccc(Cl)c([N+](=O)[O-])c1. The van der Waals surface area contributed by atoms with Crippen molar-refractivity contribution in [2.24, 2.45) is 0 Å². The Hall–Kier alpha value is -3.38. The van der Waals surface area contributed by atoms with Crippen molar-refractivity contribution in [2.45, 2.75) is 11.8 Å². The molecule has 1 aromatic heterocycles. The molecule has 3 aromatic rings. The number of nitrogen functional groups attached to an aromatic ring is 1. The first kappa shape index (κ1) is 21.3. The van der Waals surface area contributed by atoms with Crippen LogP contribution in [0.3, 0.4) is 0 Å². The number of nitrogens with one attached hydrogen (secondary N) is 1. The van der Waals surface area contributed by atoms with Gasteiger partial charge in [0.2, 0.25) is 11.1 Å². The Kier molecular flexibility index (Phi) is 6.69. The summed E-state index contributed by atoms with van der Waals surface area (Å²) in [7, 11) is 0. The van der Waals surface area contributed by atoms with Crippen molar-refractivity contribution in [3.05, 3.63) is 69.2 Å². The van der Waals surface area contributed by atoms with Crippen LogP contribution in [-0.4, -0.2) is 31.5 Å². The number of hydrogen-bond donors (Lipinski definition) is 2. The molecule has 0 bridgehead atoms. The summed E-state index contributed by atoms with van der Waals surface area (Å²) in [4.78, 5) is 22.4. The Labute approximate surface area is 178 Å². The highest BCUT2D eigenvalue weighted by Gasteiger charge is 2.16. The van der Waals surface area contributed by atoms with Crippen LogP contribution in [0.1, 0.15) is 5.82 Å². The highest BCUT2D eigenvalue weighted by Crippen LogP contribution is 2.27. The maximum Gasteiger partial charge on any atom is 0.289 e. The van der Waals surface area contributed by atoms with E-state index in [-0.39, 0.29) is 45.5 Å². The van der Waals surface area contributed by atoms with Crippen molar-refractivity contribution in [1.29, 1.82) is 0 Å². The number of carbonyl (C=O) groups excluding carboxylic acids is 1. The average molecular weight is 453 g/mol. The zero-order chi connectivity index (χ0) is 21.7. The molecule has 0 unspecified atom stereocenters. The predicted molar refractivity (Wildman–Crippen MR) is 108 cm³/mol. The van der Waals surface area contributed by atoms with Crippen LogP contribution in [0, 0.1) is 15.9 Å². The predicted octanol–water partition coefficient (Wildman–Crippen LogP) is 3.00. The molecule has 0 aliphatic carbocycles. The minimum absolute atomic E-state index is 0.0336. The number of nitrogens with two attached hydrogens (primary N) is 1. The third-order valence-electron chi connectivity index (χ3n) is 3.69. The molecule has 0 spiro atoms. The second-order valence-electron chi connectivity index (χ2n) is 5.75. The van der Waals surface area contributed by atoms with Crippen LogP contribution in [0.15, 0.2) is 47.6 Å². The van der Waals surface area contributed by atoms with Crippen LogP contribution < -0.4 is 15.9 Å². The van der Waals surface area contributed by atoms with E-state index >= 15 is 0 Å². The van der Waals surface area contributed by atoms with Crippen LogP contribution in [-0.2, 0) is 11.4 Å². The molecule has 3 rings (SSSR count). The van der Waals surface area contributed by atoms with Gasteiger partial charge in [0.1, 0.15) is 11.6 Å². The largest absolute Gasteiger partial charge is 0.482 e. The summed E-state index contributed by atoms with van der Waals surface area (Å²) in [5.74, 6) is 5.12. The van der Waals surface area contributed by atoms with Gasteiger partial charge in [0.05, 0.1) is 10.7 Å². The number of anilines is 1. The number of para-hydroxylation sites is 1. The molecule has 0 saturated carbocycles. The van der Waals surface area contributed by atoms with Gasteiger partial charge >= 0.3 is 0 Å². The fraction of sp³-hybridized carbons (Fsp3) is 0.118. The third kappa shape index (κ3) is 5.15. The van der Waals surface area contributed by atoms with E-state index in [1.807, 2.05) is 0 Å². The lowest BCUT2D eigenvalue weighted by Crippen LogP contribution is -2.18. The quantitative estimate of drug-likeness (QED) is 0.230. The number of halogens is 2. The van der Waals surface area contributed by atoms with Crippen LogP contribution in [0.5, 0.6) is 5.75 Å². The number of rotatable bonds is 8. The Morgan fingerprint density at radius 1 is 1.33 bits per heavy atom. The van der Waals surface area contributed by atoms with Crippen LogP contribution in [0.4, 0.5) is 15.8 Å².